The lowest BCUT2D eigenvalue weighted by Gasteiger charge is -2.03. The molecule has 1 aliphatic rings. The van der Waals surface area contributed by atoms with Gasteiger partial charge in [0.05, 0.1) is 0 Å². The van der Waals surface area contributed by atoms with Gasteiger partial charge < -0.3 is 27.0 Å². The van der Waals surface area contributed by atoms with E-state index in [9.17, 15) is 14.4 Å². The summed E-state index contributed by atoms with van der Waals surface area (Å²) in [7, 11) is 0. The summed E-state index contributed by atoms with van der Waals surface area (Å²) in [6, 6.07) is 0. The van der Waals surface area contributed by atoms with Crippen LogP contribution < -0.4 is 16.8 Å². The van der Waals surface area contributed by atoms with Gasteiger partial charge in [-0.25, -0.2) is 0 Å². The number of hydrogen-bond donors (Lipinski definition) is 5. The topological polar surface area (TPSA) is 156 Å². The molecule has 0 unspecified atom stereocenters. The number of carboxylic acids is 2. The summed E-state index contributed by atoms with van der Waals surface area (Å²) in [6.45, 7) is 2.54. The molecule has 0 radical (unpaired) electrons. The van der Waals surface area contributed by atoms with Crippen LogP contribution >= 0.6 is 0 Å². The first-order valence-electron chi connectivity index (χ1n) is 14.0. The van der Waals surface area contributed by atoms with Crippen molar-refractivity contribution in [2.45, 2.75) is 135 Å². The molecule has 0 spiro atoms. The zero-order chi connectivity index (χ0) is 26.4. The van der Waals surface area contributed by atoms with E-state index in [0.29, 0.717) is 12.8 Å². The molecule has 7 N–H and O–H groups in total. The van der Waals surface area contributed by atoms with E-state index < -0.39 is 11.9 Å². The summed E-state index contributed by atoms with van der Waals surface area (Å²) < 4.78 is 0. The van der Waals surface area contributed by atoms with Crippen molar-refractivity contribution in [1.82, 2.24) is 5.32 Å². The highest BCUT2D eigenvalue weighted by Crippen LogP contribution is 2.11. The van der Waals surface area contributed by atoms with E-state index in [0.717, 1.165) is 71.0 Å². The molecule has 1 saturated heterocycles. The van der Waals surface area contributed by atoms with Crippen LogP contribution in [-0.2, 0) is 14.4 Å². The molecule has 1 rings (SSSR count). The molecule has 0 aliphatic carbocycles. The third-order valence-corrected chi connectivity index (χ3v) is 5.84. The largest absolute Gasteiger partial charge is 0.481 e. The maximum atomic E-state index is 11.3. The van der Waals surface area contributed by atoms with E-state index in [1.807, 2.05) is 0 Å². The zero-order valence-corrected chi connectivity index (χ0v) is 22.2. The monoisotopic (exact) mass is 501 g/mol. The Balaban J connectivity index is 0. The van der Waals surface area contributed by atoms with Crippen molar-refractivity contribution >= 4 is 17.8 Å². The van der Waals surface area contributed by atoms with Gasteiger partial charge >= 0.3 is 11.9 Å². The Morgan fingerprint density at radius 3 is 1.40 bits per heavy atom. The van der Waals surface area contributed by atoms with Gasteiger partial charge in [-0.3, -0.25) is 14.4 Å². The molecule has 1 amide bonds. The molecule has 208 valence electrons. The van der Waals surface area contributed by atoms with Gasteiger partial charge in [-0.05, 0) is 51.6 Å². The van der Waals surface area contributed by atoms with Gasteiger partial charge in [-0.2, -0.15) is 0 Å². The average molecular weight is 502 g/mol. The number of carbonyl (C=O) groups is 3. The average Bonchev–Trinajstić information content (AvgIpc) is 2.84. The van der Waals surface area contributed by atoms with E-state index in [-0.39, 0.29) is 18.7 Å². The van der Waals surface area contributed by atoms with Crippen LogP contribution in [0.3, 0.4) is 0 Å². The summed E-state index contributed by atoms with van der Waals surface area (Å²) in [5, 5.41) is 19.6. The third kappa shape index (κ3) is 37.1. The molecular formula is C27H55N3O5. The highest BCUT2D eigenvalue weighted by Gasteiger charge is 2.01. The van der Waals surface area contributed by atoms with Crippen molar-refractivity contribution in [3.8, 4) is 0 Å². The van der Waals surface area contributed by atoms with Crippen LogP contribution in [0.1, 0.15) is 135 Å². The normalized spacial score (nSPS) is 15.0. The minimum atomic E-state index is -0.759. The fraction of sp³-hybridized carbons (Fsp3) is 0.889. The standard InChI is InChI=1S/C12H23NO.C9H16O4.C6H16N2/c14-12-10-8-6-4-2-1-3-5-7-9-11-13-12;10-8(11)6-4-2-1-3-5-7-9(12)13;7-5-3-1-2-4-6-8/h1-11H2,(H,13,14);1-7H2,(H,10,11)(H,12,13);1-8H2. The molecule has 0 atom stereocenters. The highest BCUT2D eigenvalue weighted by molar-refractivity contribution is 5.75. The van der Waals surface area contributed by atoms with Crippen molar-refractivity contribution in [3.63, 3.8) is 0 Å². The zero-order valence-electron chi connectivity index (χ0n) is 22.2. The van der Waals surface area contributed by atoms with Gasteiger partial charge in [0.2, 0.25) is 5.91 Å². The van der Waals surface area contributed by atoms with Crippen molar-refractivity contribution in [2.24, 2.45) is 11.5 Å². The van der Waals surface area contributed by atoms with Crippen LogP contribution in [0, 0.1) is 0 Å². The van der Waals surface area contributed by atoms with Gasteiger partial charge in [0.15, 0.2) is 0 Å². The Morgan fingerprint density at radius 2 is 0.971 bits per heavy atom. The smallest absolute Gasteiger partial charge is 0.303 e. The van der Waals surface area contributed by atoms with Gasteiger partial charge in [-0.1, -0.05) is 77.0 Å². The molecule has 1 fully saturated rings. The lowest BCUT2D eigenvalue weighted by atomic mass is 10.1. The fourth-order valence-electron chi connectivity index (χ4n) is 3.69. The number of nitrogens with one attached hydrogen (secondary N) is 1. The van der Waals surface area contributed by atoms with Crippen molar-refractivity contribution < 1.29 is 24.6 Å². The summed E-state index contributed by atoms with van der Waals surface area (Å²) in [6.07, 6.45) is 21.6. The van der Waals surface area contributed by atoms with Gasteiger partial charge in [0.25, 0.3) is 0 Å². The molecule has 1 aliphatic heterocycles. The molecule has 8 heteroatoms. The van der Waals surface area contributed by atoms with Crippen LogP contribution in [0.15, 0.2) is 0 Å². The number of carboxylic acid groups (broad SMARTS) is 2. The molecule has 0 aromatic heterocycles. The van der Waals surface area contributed by atoms with Crippen molar-refractivity contribution in [3.05, 3.63) is 0 Å². The number of aliphatic carboxylic acids is 2. The molecule has 0 saturated carbocycles. The summed E-state index contributed by atoms with van der Waals surface area (Å²) in [4.78, 5) is 31.5. The van der Waals surface area contributed by atoms with Crippen LogP contribution in [0.2, 0.25) is 0 Å². The molecule has 35 heavy (non-hydrogen) atoms. The minimum Gasteiger partial charge on any atom is -0.481 e. The summed E-state index contributed by atoms with van der Waals surface area (Å²) in [5.41, 5.74) is 10.6. The molecule has 0 aromatic rings. The van der Waals surface area contributed by atoms with E-state index in [2.05, 4.69) is 5.32 Å². The van der Waals surface area contributed by atoms with E-state index >= 15 is 0 Å². The Morgan fingerprint density at radius 1 is 0.600 bits per heavy atom. The SMILES string of the molecule is NCCCCCCN.O=C(O)CCCCCCCC(=O)O.O=C1CCCCCCCCCCCN1. The summed E-state index contributed by atoms with van der Waals surface area (Å²) in [5.74, 6) is -1.26. The molecule has 8 nitrogen and oxygen atoms in total. The lowest BCUT2D eigenvalue weighted by molar-refractivity contribution is -0.138. The number of nitrogens with two attached hydrogens (primary N) is 2. The Labute approximate surface area is 214 Å². The van der Waals surface area contributed by atoms with Crippen LogP contribution in [0.25, 0.3) is 0 Å². The highest BCUT2D eigenvalue weighted by atomic mass is 16.4. The Hall–Kier alpha value is -1.67. The Bertz CT molecular complexity index is 449. The lowest BCUT2D eigenvalue weighted by Crippen LogP contribution is -2.23. The number of hydrogen-bond acceptors (Lipinski definition) is 5. The van der Waals surface area contributed by atoms with Gasteiger partial charge in [0.1, 0.15) is 0 Å². The Kier molecular flexibility index (Phi) is 30.8. The number of unbranched alkanes of at least 4 members (excludes halogenated alkanes) is 7. The second-order valence-electron chi connectivity index (χ2n) is 9.33. The predicted octanol–water partition coefficient (Wildman–Crippen LogP) is 5.37. The second kappa shape index (κ2) is 30.4. The maximum absolute atomic E-state index is 11.3. The van der Waals surface area contributed by atoms with Crippen LogP contribution in [-0.4, -0.2) is 47.7 Å². The predicted molar refractivity (Wildman–Crippen MR) is 143 cm³/mol. The molecule has 1 heterocycles. The van der Waals surface area contributed by atoms with E-state index in [4.69, 9.17) is 21.7 Å². The number of amides is 1. The first kappa shape index (κ1) is 35.5. The van der Waals surface area contributed by atoms with Gasteiger partial charge in [0, 0.05) is 25.8 Å². The van der Waals surface area contributed by atoms with Gasteiger partial charge in [-0.15, -0.1) is 0 Å². The van der Waals surface area contributed by atoms with E-state index in [1.165, 1.54) is 57.8 Å². The van der Waals surface area contributed by atoms with Crippen molar-refractivity contribution in [1.29, 1.82) is 0 Å². The first-order valence-corrected chi connectivity index (χ1v) is 14.0. The first-order chi connectivity index (χ1) is 16.9. The third-order valence-electron chi connectivity index (χ3n) is 5.84. The number of rotatable bonds is 13. The summed E-state index contributed by atoms with van der Waals surface area (Å²) >= 11 is 0. The van der Waals surface area contributed by atoms with E-state index in [1.54, 1.807) is 0 Å². The molecular weight excluding hydrogens is 446 g/mol. The van der Waals surface area contributed by atoms with Crippen LogP contribution in [0.4, 0.5) is 0 Å². The fourth-order valence-corrected chi connectivity index (χ4v) is 3.69. The quantitative estimate of drug-likeness (QED) is 0.212. The van der Waals surface area contributed by atoms with Crippen molar-refractivity contribution in [2.75, 3.05) is 19.6 Å². The second-order valence-corrected chi connectivity index (χ2v) is 9.33. The number of carbonyl (C=O) groups excluding carboxylic acids is 1. The van der Waals surface area contributed by atoms with Crippen LogP contribution in [0.5, 0.6) is 0 Å². The maximum Gasteiger partial charge on any atom is 0.303 e. The minimum absolute atomic E-state index is 0.221. The molecule has 0 aromatic carbocycles. The molecule has 0 bridgehead atoms.